The molecule has 110 valence electrons. The fraction of sp³-hybridized carbons (Fsp3) is 0.231. The molecule has 2 N–H and O–H groups in total. The van der Waals surface area contributed by atoms with Crippen LogP contribution in [0, 0.1) is 0 Å². The fourth-order valence-electron chi connectivity index (χ4n) is 1.57. The summed E-state index contributed by atoms with van der Waals surface area (Å²) in [4.78, 5) is 25.7. The fourth-order valence-corrected chi connectivity index (χ4v) is 2.43. The third-order valence-corrected chi connectivity index (χ3v) is 3.73. The van der Waals surface area contributed by atoms with Crippen LogP contribution in [-0.4, -0.2) is 37.5 Å². The molecule has 0 aliphatic rings. The van der Waals surface area contributed by atoms with Crippen molar-refractivity contribution in [2.75, 3.05) is 0 Å². The first-order valence-electron chi connectivity index (χ1n) is 6.00. The largest absolute Gasteiger partial charge is 0.481 e. The normalized spacial score (nSPS) is 12.0. The summed E-state index contributed by atoms with van der Waals surface area (Å²) in [7, 11) is 0. The Hall–Kier alpha value is -2.35. The van der Waals surface area contributed by atoms with E-state index in [4.69, 9.17) is 14.7 Å². The molecule has 1 heterocycles. The van der Waals surface area contributed by atoms with E-state index in [1.54, 1.807) is 0 Å². The minimum absolute atomic E-state index is 0.143. The lowest BCUT2D eigenvalue weighted by molar-refractivity contribution is -0.142. The Bertz CT molecular complexity index is 629. The molecule has 2 aromatic rings. The van der Waals surface area contributed by atoms with Crippen LogP contribution in [0.15, 0.2) is 34.9 Å². The van der Waals surface area contributed by atoms with Crippen molar-refractivity contribution in [2.45, 2.75) is 17.4 Å². The van der Waals surface area contributed by atoms with E-state index >= 15 is 0 Å². The van der Waals surface area contributed by atoms with Crippen LogP contribution >= 0.6 is 11.8 Å². The molecule has 0 aliphatic heterocycles. The predicted octanol–water partition coefficient (Wildman–Crippen LogP) is 1.90. The van der Waals surface area contributed by atoms with Gasteiger partial charge < -0.3 is 14.7 Å². The number of carboxylic acid groups (broad SMARTS) is 2. The van der Waals surface area contributed by atoms with Crippen molar-refractivity contribution in [2.24, 2.45) is 0 Å². The van der Waals surface area contributed by atoms with Gasteiger partial charge in [0.25, 0.3) is 0 Å². The maximum Gasteiger partial charge on any atom is 0.317 e. The number of carbonyl (C=O) groups is 2. The van der Waals surface area contributed by atoms with Gasteiger partial charge >= 0.3 is 11.9 Å². The van der Waals surface area contributed by atoms with Crippen molar-refractivity contribution < 1.29 is 24.3 Å². The molecule has 0 spiro atoms. The molecular weight excluding hydrogens is 296 g/mol. The van der Waals surface area contributed by atoms with Gasteiger partial charge in [0.15, 0.2) is 0 Å². The summed E-state index contributed by atoms with van der Waals surface area (Å²) < 4.78 is 5.03. The maximum atomic E-state index is 10.9. The Labute approximate surface area is 124 Å². The van der Waals surface area contributed by atoms with Crippen LogP contribution in [0.1, 0.15) is 12.3 Å². The number of aliphatic carboxylic acids is 2. The van der Waals surface area contributed by atoms with Crippen molar-refractivity contribution >= 4 is 23.7 Å². The van der Waals surface area contributed by atoms with E-state index in [9.17, 15) is 9.59 Å². The molecule has 8 heteroatoms. The molecule has 0 fully saturated rings. The van der Waals surface area contributed by atoms with E-state index < -0.39 is 23.6 Å². The zero-order chi connectivity index (χ0) is 15.2. The first-order chi connectivity index (χ1) is 10.1. The van der Waals surface area contributed by atoms with Gasteiger partial charge in [-0.1, -0.05) is 35.5 Å². The first kappa shape index (κ1) is 15.0. The Balaban J connectivity index is 1.99. The second-order valence-corrected chi connectivity index (χ2v) is 5.30. The quantitative estimate of drug-likeness (QED) is 0.797. The molecule has 21 heavy (non-hydrogen) atoms. The molecule has 0 saturated carbocycles. The molecule has 1 aromatic heterocycles. The number of hydrogen-bond donors (Lipinski definition) is 2. The lowest BCUT2D eigenvalue weighted by Gasteiger charge is -2.06. The first-order valence-corrected chi connectivity index (χ1v) is 7.05. The highest BCUT2D eigenvalue weighted by molar-refractivity contribution is 7.99. The second-order valence-electron chi connectivity index (χ2n) is 4.11. The average Bonchev–Trinajstić information content (AvgIpc) is 2.92. The highest BCUT2D eigenvalue weighted by Crippen LogP contribution is 2.22. The standard InChI is InChI=1S/C13H12N2O5S/c16-11(17)6-9(13(18)19)21-7-10-14-12(15-20-10)8-4-2-1-3-5-8/h1-5,9H,6-7H2,(H,16,17)(H,18,19). The zero-order valence-corrected chi connectivity index (χ0v) is 11.6. The summed E-state index contributed by atoms with van der Waals surface area (Å²) in [6.45, 7) is 0. The Morgan fingerprint density at radius 3 is 2.57 bits per heavy atom. The number of aromatic nitrogens is 2. The van der Waals surface area contributed by atoms with Crippen LogP contribution in [0.25, 0.3) is 11.4 Å². The summed E-state index contributed by atoms with van der Waals surface area (Å²) in [5.74, 6) is -1.52. The van der Waals surface area contributed by atoms with Gasteiger partial charge in [0.2, 0.25) is 11.7 Å². The molecule has 7 nitrogen and oxygen atoms in total. The molecule has 0 radical (unpaired) electrons. The highest BCUT2D eigenvalue weighted by Gasteiger charge is 2.22. The van der Waals surface area contributed by atoms with Crippen molar-refractivity contribution in [1.82, 2.24) is 10.1 Å². The minimum Gasteiger partial charge on any atom is -0.481 e. The van der Waals surface area contributed by atoms with Crippen LogP contribution in [0.3, 0.4) is 0 Å². The van der Waals surface area contributed by atoms with Crippen LogP contribution < -0.4 is 0 Å². The van der Waals surface area contributed by atoms with E-state index in [1.807, 2.05) is 30.3 Å². The summed E-state index contributed by atoms with van der Waals surface area (Å²) in [5.41, 5.74) is 0.790. The molecule has 1 aromatic carbocycles. The molecule has 2 rings (SSSR count). The van der Waals surface area contributed by atoms with Gasteiger partial charge in [-0.15, -0.1) is 11.8 Å². The van der Waals surface area contributed by atoms with Crippen molar-refractivity contribution in [3.8, 4) is 11.4 Å². The van der Waals surface area contributed by atoms with Gasteiger partial charge in [-0.25, -0.2) is 0 Å². The summed E-state index contributed by atoms with van der Waals surface area (Å²) >= 11 is 0.943. The van der Waals surface area contributed by atoms with Crippen molar-refractivity contribution in [3.63, 3.8) is 0 Å². The van der Waals surface area contributed by atoms with E-state index in [2.05, 4.69) is 10.1 Å². The summed E-state index contributed by atoms with van der Waals surface area (Å²) in [6, 6.07) is 9.20. The average molecular weight is 308 g/mol. The van der Waals surface area contributed by atoms with Gasteiger partial charge in [0.1, 0.15) is 5.25 Å². The van der Waals surface area contributed by atoms with Gasteiger partial charge in [-0.3, -0.25) is 9.59 Å². The van der Waals surface area contributed by atoms with Crippen LogP contribution in [-0.2, 0) is 15.3 Å². The predicted molar refractivity (Wildman–Crippen MR) is 74.7 cm³/mol. The maximum absolute atomic E-state index is 10.9. The Morgan fingerprint density at radius 2 is 1.95 bits per heavy atom. The van der Waals surface area contributed by atoms with E-state index in [0.29, 0.717) is 5.82 Å². The number of thioether (sulfide) groups is 1. The van der Waals surface area contributed by atoms with Crippen LogP contribution in [0.2, 0.25) is 0 Å². The smallest absolute Gasteiger partial charge is 0.317 e. The number of benzene rings is 1. The second kappa shape index (κ2) is 6.89. The van der Waals surface area contributed by atoms with Crippen LogP contribution in [0.4, 0.5) is 0 Å². The molecule has 0 saturated heterocycles. The molecular formula is C13H12N2O5S. The molecule has 0 bridgehead atoms. The lowest BCUT2D eigenvalue weighted by atomic mass is 10.2. The number of nitrogens with zero attached hydrogens (tertiary/aromatic N) is 2. The minimum atomic E-state index is -1.18. The number of hydrogen-bond acceptors (Lipinski definition) is 6. The van der Waals surface area contributed by atoms with Crippen molar-refractivity contribution in [3.05, 3.63) is 36.2 Å². The molecule has 0 amide bonds. The van der Waals surface area contributed by atoms with Crippen LogP contribution in [0.5, 0.6) is 0 Å². The molecule has 1 unspecified atom stereocenters. The summed E-state index contributed by atoms with van der Waals surface area (Å²) in [6.07, 6.45) is -0.459. The lowest BCUT2D eigenvalue weighted by Crippen LogP contribution is -2.20. The number of carboxylic acids is 2. The van der Waals surface area contributed by atoms with Crippen molar-refractivity contribution in [1.29, 1.82) is 0 Å². The van der Waals surface area contributed by atoms with E-state index in [1.165, 1.54) is 0 Å². The topological polar surface area (TPSA) is 114 Å². The third-order valence-electron chi connectivity index (χ3n) is 2.54. The van der Waals surface area contributed by atoms with E-state index in [-0.39, 0.29) is 11.6 Å². The van der Waals surface area contributed by atoms with Gasteiger partial charge in [0, 0.05) is 5.56 Å². The van der Waals surface area contributed by atoms with Gasteiger partial charge in [-0.2, -0.15) is 4.98 Å². The molecule has 0 aliphatic carbocycles. The number of rotatable bonds is 7. The van der Waals surface area contributed by atoms with Gasteiger partial charge in [0.05, 0.1) is 12.2 Å². The summed E-state index contributed by atoms with van der Waals surface area (Å²) in [5, 5.41) is 20.3. The SMILES string of the molecule is O=C(O)CC(SCc1nc(-c2ccccc2)no1)C(=O)O. The Kier molecular flexibility index (Phi) is 4.94. The molecule has 1 atom stereocenters. The third kappa shape index (κ3) is 4.32. The highest BCUT2D eigenvalue weighted by atomic mass is 32.2. The van der Waals surface area contributed by atoms with E-state index in [0.717, 1.165) is 17.3 Å². The Morgan fingerprint density at radius 1 is 1.24 bits per heavy atom. The monoisotopic (exact) mass is 308 g/mol. The zero-order valence-electron chi connectivity index (χ0n) is 10.8. The van der Waals surface area contributed by atoms with Gasteiger partial charge in [-0.05, 0) is 0 Å².